The molecule has 0 aliphatic carbocycles. The van der Waals surface area contributed by atoms with Crippen LogP contribution in [0.5, 0.6) is 0 Å². The maximum absolute atomic E-state index is 12.9. The number of hydrogen-bond donors (Lipinski definition) is 0. The van der Waals surface area contributed by atoms with Gasteiger partial charge in [0.1, 0.15) is 5.60 Å². The Kier molecular flexibility index (Phi) is 8.10. The van der Waals surface area contributed by atoms with Crippen LogP contribution in [0.15, 0.2) is 78.5 Å². The number of carbonyl (C=O) groups is 2. The Labute approximate surface area is 196 Å². The molecule has 2 aromatic rings. The highest BCUT2D eigenvalue weighted by molar-refractivity contribution is 5.89. The third-order valence-corrected chi connectivity index (χ3v) is 5.51. The summed E-state index contributed by atoms with van der Waals surface area (Å²) in [6.07, 6.45) is 6.19. The maximum Gasteiger partial charge on any atom is 0.414 e. The van der Waals surface area contributed by atoms with E-state index in [1.165, 1.54) is 12.7 Å². The highest BCUT2D eigenvalue weighted by Gasteiger charge is 2.31. The van der Waals surface area contributed by atoms with E-state index in [4.69, 9.17) is 9.47 Å². The second kappa shape index (κ2) is 11.0. The molecule has 33 heavy (non-hydrogen) atoms. The fourth-order valence-corrected chi connectivity index (χ4v) is 3.94. The summed E-state index contributed by atoms with van der Waals surface area (Å²) < 4.78 is 10.5. The van der Waals surface area contributed by atoms with Crippen LogP contribution in [0.2, 0.25) is 0 Å². The molecule has 3 rings (SSSR count). The summed E-state index contributed by atoms with van der Waals surface area (Å²) in [7, 11) is 1.35. The lowest BCUT2D eigenvalue weighted by molar-refractivity contribution is -0.136. The zero-order valence-electron chi connectivity index (χ0n) is 19.9. The van der Waals surface area contributed by atoms with Gasteiger partial charge in [-0.05, 0) is 63.2 Å². The molecule has 5 nitrogen and oxygen atoms in total. The van der Waals surface area contributed by atoms with Gasteiger partial charge in [-0.3, -0.25) is 4.90 Å². The van der Waals surface area contributed by atoms with E-state index in [1.54, 1.807) is 11.1 Å². The van der Waals surface area contributed by atoms with Crippen LogP contribution in [0.4, 0.5) is 4.79 Å². The Morgan fingerprint density at radius 2 is 1.58 bits per heavy atom. The first-order valence-electron chi connectivity index (χ1n) is 11.4. The van der Waals surface area contributed by atoms with Crippen molar-refractivity contribution in [3.63, 3.8) is 0 Å². The average Bonchev–Trinajstić information content (AvgIpc) is 2.81. The molecule has 174 valence electrons. The van der Waals surface area contributed by atoms with Crippen LogP contribution in [0.25, 0.3) is 5.57 Å². The van der Waals surface area contributed by atoms with Crippen LogP contribution in [-0.4, -0.2) is 35.7 Å². The number of amides is 1. The van der Waals surface area contributed by atoms with Crippen molar-refractivity contribution in [1.29, 1.82) is 0 Å². The summed E-state index contributed by atoms with van der Waals surface area (Å²) in [4.78, 5) is 26.5. The minimum Gasteiger partial charge on any atom is -0.466 e. The first-order chi connectivity index (χ1) is 15.8. The lowest BCUT2D eigenvalue weighted by Gasteiger charge is -2.34. The molecule has 1 unspecified atom stereocenters. The number of rotatable bonds is 6. The summed E-state index contributed by atoms with van der Waals surface area (Å²) in [5.74, 6) is -0.405. The number of ether oxygens (including phenoxy) is 2. The summed E-state index contributed by atoms with van der Waals surface area (Å²) in [5.41, 5.74) is 3.35. The maximum atomic E-state index is 12.9. The van der Waals surface area contributed by atoms with Crippen LogP contribution < -0.4 is 0 Å². The van der Waals surface area contributed by atoms with E-state index in [-0.39, 0.29) is 6.04 Å². The molecule has 2 aromatic carbocycles. The number of methoxy groups -OCH3 is 1. The van der Waals surface area contributed by atoms with Gasteiger partial charge >= 0.3 is 12.1 Å². The molecule has 1 aliphatic heterocycles. The van der Waals surface area contributed by atoms with E-state index >= 15 is 0 Å². The van der Waals surface area contributed by atoms with E-state index in [9.17, 15) is 9.59 Å². The van der Waals surface area contributed by atoms with Crippen LogP contribution in [-0.2, 0) is 14.3 Å². The smallest absolute Gasteiger partial charge is 0.414 e. The predicted molar refractivity (Wildman–Crippen MR) is 130 cm³/mol. The van der Waals surface area contributed by atoms with Crippen molar-refractivity contribution in [2.75, 3.05) is 7.11 Å². The van der Waals surface area contributed by atoms with Gasteiger partial charge in [0, 0.05) is 12.2 Å². The first kappa shape index (κ1) is 24.3. The van der Waals surface area contributed by atoms with Gasteiger partial charge in [0.15, 0.2) is 0 Å². The zero-order valence-corrected chi connectivity index (χ0v) is 19.9. The topological polar surface area (TPSA) is 55.8 Å². The molecule has 0 radical (unpaired) electrons. The summed E-state index contributed by atoms with van der Waals surface area (Å²) in [6, 6.07) is 20.6. The van der Waals surface area contributed by atoms with Gasteiger partial charge in [-0.15, -0.1) is 0 Å². The highest BCUT2D eigenvalue weighted by Crippen LogP contribution is 2.29. The molecular formula is C28H33NO4. The Morgan fingerprint density at radius 1 is 1.00 bits per heavy atom. The fourth-order valence-electron chi connectivity index (χ4n) is 3.94. The van der Waals surface area contributed by atoms with Gasteiger partial charge in [0.05, 0.1) is 12.7 Å². The standard InChI is InChI=1S/C28H33NO4/c1-28(2,3)33-27(31)29-20-23(26(30)32-4)18-19-24(29)16-11-17-25(21-12-7-5-8-13-21)22-14-9-6-10-15-22/h5-10,12-15,17,20,24H,11,16,18-19H2,1-4H3. The number of carbonyl (C=O) groups excluding carboxylic acids is 2. The molecular weight excluding hydrogens is 414 g/mol. The van der Waals surface area contributed by atoms with Crippen molar-refractivity contribution in [3.05, 3.63) is 89.6 Å². The Hall–Kier alpha value is -3.34. The van der Waals surface area contributed by atoms with Crippen molar-refractivity contribution < 1.29 is 19.1 Å². The third-order valence-electron chi connectivity index (χ3n) is 5.51. The van der Waals surface area contributed by atoms with Crippen LogP contribution in [0.1, 0.15) is 57.6 Å². The molecule has 0 N–H and O–H groups in total. The minimum atomic E-state index is -0.619. The number of nitrogens with zero attached hydrogens (tertiary/aromatic N) is 1. The number of hydrogen-bond acceptors (Lipinski definition) is 4. The van der Waals surface area contributed by atoms with Crippen molar-refractivity contribution in [3.8, 4) is 0 Å². The Bertz CT molecular complexity index is 962. The van der Waals surface area contributed by atoms with E-state index in [0.29, 0.717) is 18.4 Å². The van der Waals surface area contributed by atoms with E-state index in [2.05, 4.69) is 30.3 Å². The van der Waals surface area contributed by atoms with E-state index in [0.717, 1.165) is 24.0 Å². The molecule has 0 bridgehead atoms. The lowest BCUT2D eigenvalue weighted by atomic mass is 9.93. The highest BCUT2D eigenvalue weighted by atomic mass is 16.6. The molecule has 0 spiro atoms. The summed E-state index contributed by atoms with van der Waals surface area (Å²) in [5, 5.41) is 0. The molecule has 0 fully saturated rings. The molecule has 0 saturated carbocycles. The molecule has 1 amide bonds. The number of esters is 1. The molecule has 1 heterocycles. The third kappa shape index (κ3) is 6.82. The van der Waals surface area contributed by atoms with Crippen molar-refractivity contribution in [2.24, 2.45) is 0 Å². The van der Waals surface area contributed by atoms with Crippen LogP contribution >= 0.6 is 0 Å². The molecule has 1 aliphatic rings. The van der Waals surface area contributed by atoms with Crippen molar-refractivity contribution >= 4 is 17.6 Å². The number of allylic oxidation sites excluding steroid dienone is 1. The second-order valence-corrected chi connectivity index (χ2v) is 9.15. The lowest BCUT2D eigenvalue weighted by Crippen LogP contribution is -2.42. The first-order valence-corrected chi connectivity index (χ1v) is 11.4. The number of benzene rings is 2. The molecule has 0 saturated heterocycles. The Morgan fingerprint density at radius 3 is 2.09 bits per heavy atom. The fraction of sp³-hybridized carbons (Fsp3) is 0.357. The van der Waals surface area contributed by atoms with Gasteiger partial charge in [-0.2, -0.15) is 0 Å². The van der Waals surface area contributed by atoms with Gasteiger partial charge in [-0.25, -0.2) is 9.59 Å². The van der Waals surface area contributed by atoms with Crippen LogP contribution in [0.3, 0.4) is 0 Å². The van der Waals surface area contributed by atoms with Gasteiger partial charge in [0.25, 0.3) is 0 Å². The quantitative estimate of drug-likeness (QED) is 0.484. The second-order valence-electron chi connectivity index (χ2n) is 9.15. The van der Waals surface area contributed by atoms with Gasteiger partial charge < -0.3 is 9.47 Å². The van der Waals surface area contributed by atoms with Crippen LogP contribution in [0, 0.1) is 0 Å². The zero-order chi connectivity index (χ0) is 23.8. The van der Waals surface area contributed by atoms with E-state index in [1.807, 2.05) is 57.2 Å². The predicted octanol–water partition coefficient (Wildman–Crippen LogP) is 6.35. The largest absolute Gasteiger partial charge is 0.466 e. The summed E-state index contributed by atoms with van der Waals surface area (Å²) in [6.45, 7) is 5.51. The van der Waals surface area contributed by atoms with Crippen molar-refractivity contribution in [1.82, 2.24) is 4.90 Å². The average molecular weight is 448 g/mol. The molecule has 1 atom stereocenters. The SMILES string of the molecule is COC(=O)C1=CN(C(=O)OC(C)(C)C)C(CCC=C(c2ccccc2)c2ccccc2)CC1. The normalized spacial score (nSPS) is 15.9. The molecule has 5 heteroatoms. The monoisotopic (exact) mass is 447 g/mol. The van der Waals surface area contributed by atoms with Gasteiger partial charge in [0.2, 0.25) is 0 Å². The Balaban J connectivity index is 1.82. The minimum absolute atomic E-state index is 0.0581. The summed E-state index contributed by atoms with van der Waals surface area (Å²) >= 11 is 0. The van der Waals surface area contributed by atoms with E-state index < -0.39 is 17.7 Å². The van der Waals surface area contributed by atoms with Crippen molar-refractivity contribution in [2.45, 2.75) is 58.1 Å². The molecule has 0 aromatic heterocycles. The van der Waals surface area contributed by atoms with Gasteiger partial charge in [-0.1, -0.05) is 66.7 Å².